The molecule has 1 atom stereocenters. The quantitative estimate of drug-likeness (QED) is 0.233. The Kier molecular flexibility index (Phi) is 10.8. The van der Waals surface area contributed by atoms with E-state index >= 15 is 8.78 Å². The Bertz CT molecular complexity index is 2000. The van der Waals surface area contributed by atoms with Gasteiger partial charge in [-0.1, -0.05) is 17.7 Å². The first-order chi connectivity index (χ1) is 24.8. The van der Waals surface area contributed by atoms with Crippen LogP contribution in [0.4, 0.5) is 14.5 Å². The van der Waals surface area contributed by atoms with Crippen LogP contribution in [0.1, 0.15) is 39.5 Å². The summed E-state index contributed by atoms with van der Waals surface area (Å²) in [6.07, 6.45) is 4.39. The van der Waals surface area contributed by atoms with Gasteiger partial charge in [-0.3, -0.25) is 19.1 Å². The summed E-state index contributed by atoms with van der Waals surface area (Å²) in [5.41, 5.74) is 1.94. The van der Waals surface area contributed by atoms with Crippen molar-refractivity contribution in [3.8, 4) is 22.4 Å². The molecule has 4 aromatic rings. The number of anilines is 1. The number of benzene rings is 2. The van der Waals surface area contributed by atoms with Gasteiger partial charge in [0.25, 0.3) is 11.8 Å². The van der Waals surface area contributed by atoms with Crippen LogP contribution in [-0.2, 0) is 23.1 Å². The number of halogens is 3. The van der Waals surface area contributed by atoms with Gasteiger partial charge in [0.1, 0.15) is 0 Å². The molecular formula is C37H44ClF2N8O4+. The van der Waals surface area contributed by atoms with Crippen molar-refractivity contribution in [3.63, 3.8) is 0 Å². The van der Waals surface area contributed by atoms with E-state index in [1.807, 2.05) is 4.90 Å². The minimum absolute atomic E-state index is 0.0476. The first-order valence-corrected chi connectivity index (χ1v) is 17.7. The molecule has 2 fully saturated rings. The number of piperazine rings is 1. The summed E-state index contributed by atoms with van der Waals surface area (Å²) < 4.78 is 40.0. The Morgan fingerprint density at radius 2 is 1.69 bits per heavy atom. The van der Waals surface area contributed by atoms with E-state index in [2.05, 4.69) is 29.5 Å². The number of rotatable bonds is 10. The Hall–Kier alpha value is -4.66. The number of nitrogens with one attached hydrogen (secondary N) is 1. The predicted molar refractivity (Wildman–Crippen MR) is 193 cm³/mol. The zero-order chi connectivity index (χ0) is 37.3. The zero-order valence-corrected chi connectivity index (χ0v) is 30.8. The van der Waals surface area contributed by atoms with Crippen molar-refractivity contribution in [3.05, 3.63) is 76.5 Å². The third-order valence-corrected chi connectivity index (χ3v) is 10.5. The van der Waals surface area contributed by atoms with E-state index in [4.69, 9.17) is 16.3 Å². The maximum absolute atomic E-state index is 15.5. The summed E-state index contributed by atoms with van der Waals surface area (Å²) in [7, 11) is 7.49. The second-order valence-corrected chi connectivity index (χ2v) is 14.6. The second-order valence-electron chi connectivity index (χ2n) is 14.2. The monoisotopic (exact) mass is 737 g/mol. The molecule has 3 amide bonds. The largest absolute Gasteiger partial charge is 0.383 e. The van der Waals surface area contributed by atoms with Crippen molar-refractivity contribution in [2.45, 2.75) is 26.3 Å². The van der Waals surface area contributed by atoms with Crippen LogP contribution < -0.4 is 5.32 Å². The summed E-state index contributed by atoms with van der Waals surface area (Å²) in [6, 6.07) is 7.51. The lowest BCUT2D eigenvalue weighted by molar-refractivity contribution is -0.879. The topological polar surface area (TPSA) is 115 Å². The third-order valence-electron chi connectivity index (χ3n) is 10.2. The smallest absolute Gasteiger partial charge is 0.291 e. The van der Waals surface area contributed by atoms with E-state index < -0.39 is 17.5 Å². The number of imidazole rings is 1. The Morgan fingerprint density at radius 3 is 2.37 bits per heavy atom. The molecule has 0 radical (unpaired) electrons. The molecule has 2 aliphatic rings. The molecule has 2 saturated heterocycles. The first-order valence-electron chi connectivity index (χ1n) is 17.3. The van der Waals surface area contributed by atoms with Crippen molar-refractivity contribution in [2.24, 2.45) is 13.0 Å². The lowest BCUT2D eigenvalue weighted by Crippen LogP contribution is -2.51. The van der Waals surface area contributed by atoms with Gasteiger partial charge in [-0.05, 0) is 31.2 Å². The van der Waals surface area contributed by atoms with Crippen molar-refractivity contribution < 1.29 is 32.4 Å². The number of nitrogens with zero attached hydrogens (tertiary/aromatic N) is 7. The van der Waals surface area contributed by atoms with E-state index in [-0.39, 0.29) is 45.0 Å². The van der Waals surface area contributed by atoms with Crippen LogP contribution in [-0.4, -0.2) is 118 Å². The maximum Gasteiger partial charge on any atom is 0.291 e. The molecule has 6 rings (SSSR count). The molecule has 2 aromatic carbocycles. The predicted octanol–water partition coefficient (Wildman–Crippen LogP) is 4.86. The molecule has 2 aromatic heterocycles. The normalized spacial score (nSPS) is 17.1. The third kappa shape index (κ3) is 7.59. The lowest BCUT2D eigenvalue weighted by Gasteiger charge is -2.35. The standard InChI is InChI=1S/C37H43ClF2N8O4/c1-23-29(20-42-47(23)15-17-52-5)26-8-9-28(34(40)33(26)39)31-21-41-35(44(31)2)36(50)43-25-6-7-27(30(38)19-25)37(51)46-13-11-45(12-14-46)32(49)18-24-10-16-48(3,4)22-24/h6-9,19-21,24H,10-18,22H2,1-5H3/p+1/t24-/m0/s1. The summed E-state index contributed by atoms with van der Waals surface area (Å²) in [5, 5.41) is 7.14. The number of likely N-dealkylation sites (tertiary alicyclic amines) is 1. The molecule has 276 valence electrons. The number of carbonyl (C=O) groups excluding carboxylic acids is 3. The van der Waals surface area contributed by atoms with Crippen molar-refractivity contribution in [1.82, 2.24) is 29.1 Å². The van der Waals surface area contributed by atoms with Crippen molar-refractivity contribution in [2.75, 3.05) is 72.4 Å². The highest BCUT2D eigenvalue weighted by Gasteiger charge is 2.34. The number of hydrogen-bond donors (Lipinski definition) is 1. The molecule has 1 N–H and O–H groups in total. The number of carbonyl (C=O) groups is 3. The highest BCUT2D eigenvalue weighted by atomic mass is 35.5. The van der Waals surface area contributed by atoms with Crippen molar-refractivity contribution in [1.29, 1.82) is 0 Å². The molecule has 0 bridgehead atoms. The van der Waals surface area contributed by atoms with Gasteiger partial charge >= 0.3 is 0 Å². The highest BCUT2D eigenvalue weighted by Crippen LogP contribution is 2.33. The van der Waals surface area contributed by atoms with Crippen LogP contribution in [0.15, 0.2) is 42.7 Å². The molecule has 0 unspecified atom stereocenters. The summed E-state index contributed by atoms with van der Waals surface area (Å²) in [5.74, 6) is -2.50. The number of methoxy groups -OCH3 is 1. The van der Waals surface area contributed by atoms with Crippen LogP contribution in [0.3, 0.4) is 0 Å². The number of ether oxygens (including phenoxy) is 1. The summed E-state index contributed by atoms with van der Waals surface area (Å²) in [4.78, 5) is 47.3. The van der Waals surface area contributed by atoms with Crippen LogP contribution in [0.5, 0.6) is 0 Å². The van der Waals surface area contributed by atoms with Crippen molar-refractivity contribution >= 4 is 35.0 Å². The van der Waals surface area contributed by atoms with E-state index in [0.29, 0.717) is 68.6 Å². The van der Waals surface area contributed by atoms with E-state index in [1.165, 1.54) is 42.2 Å². The fraction of sp³-hybridized carbons (Fsp3) is 0.432. The summed E-state index contributed by atoms with van der Waals surface area (Å²) in [6.45, 7) is 6.49. The molecule has 2 aliphatic heterocycles. The van der Waals surface area contributed by atoms with Crippen LogP contribution in [0, 0.1) is 24.5 Å². The number of aromatic nitrogens is 4. The molecule has 15 heteroatoms. The van der Waals surface area contributed by atoms with Gasteiger partial charge in [-0.15, -0.1) is 0 Å². The molecular weight excluding hydrogens is 694 g/mol. The number of hydrogen-bond acceptors (Lipinski definition) is 6. The molecule has 0 aliphatic carbocycles. The van der Waals surface area contributed by atoms with Gasteiger partial charge < -0.3 is 28.9 Å². The fourth-order valence-corrected chi connectivity index (χ4v) is 7.44. The zero-order valence-electron chi connectivity index (χ0n) is 30.1. The SMILES string of the molecule is COCCn1ncc(-c2ccc(-c3cnc(C(=O)Nc4ccc(C(=O)N5CCN(C(=O)C[C@@H]6CC[N+](C)(C)C6)CC5)c(Cl)c4)n3C)c(F)c2F)c1C. The minimum atomic E-state index is -1.08. The van der Waals surface area contributed by atoms with Gasteiger partial charge in [0, 0.05) is 87.2 Å². The first kappa shape index (κ1) is 37.1. The average Bonchev–Trinajstić information content (AvgIpc) is 3.79. The van der Waals surface area contributed by atoms with Crippen LogP contribution in [0.25, 0.3) is 22.4 Å². The van der Waals surface area contributed by atoms with Gasteiger partial charge in [-0.25, -0.2) is 13.8 Å². The Morgan fingerprint density at radius 1 is 1.00 bits per heavy atom. The molecule has 0 spiro atoms. The van der Waals surface area contributed by atoms with Crippen LogP contribution >= 0.6 is 11.6 Å². The molecule has 0 saturated carbocycles. The molecule has 52 heavy (non-hydrogen) atoms. The van der Waals surface area contributed by atoms with E-state index in [9.17, 15) is 14.4 Å². The number of amides is 3. The Balaban J connectivity index is 1.08. The average molecular weight is 738 g/mol. The molecule has 4 heterocycles. The maximum atomic E-state index is 15.5. The second kappa shape index (κ2) is 15.1. The van der Waals surface area contributed by atoms with Gasteiger partial charge in [-0.2, -0.15) is 5.10 Å². The van der Waals surface area contributed by atoms with E-state index in [0.717, 1.165) is 24.0 Å². The lowest BCUT2D eigenvalue weighted by atomic mass is 10.0. The highest BCUT2D eigenvalue weighted by molar-refractivity contribution is 6.34. The van der Waals surface area contributed by atoms with E-state index in [1.54, 1.807) is 35.7 Å². The fourth-order valence-electron chi connectivity index (χ4n) is 7.18. The summed E-state index contributed by atoms with van der Waals surface area (Å²) >= 11 is 6.53. The molecule has 12 nitrogen and oxygen atoms in total. The Labute approximate surface area is 306 Å². The van der Waals surface area contributed by atoms with Gasteiger partial charge in [0.2, 0.25) is 5.91 Å². The number of quaternary nitrogens is 1. The minimum Gasteiger partial charge on any atom is -0.383 e. The van der Waals surface area contributed by atoms with Gasteiger partial charge in [0.05, 0.1) is 69.0 Å². The van der Waals surface area contributed by atoms with Gasteiger partial charge in [0.15, 0.2) is 17.5 Å². The van der Waals surface area contributed by atoms with Crippen LogP contribution in [0.2, 0.25) is 5.02 Å².